The van der Waals surface area contributed by atoms with Crippen LogP contribution in [0, 0.1) is 0 Å². The van der Waals surface area contributed by atoms with Crippen molar-refractivity contribution >= 4 is 11.9 Å². The Bertz CT molecular complexity index is 955. The van der Waals surface area contributed by atoms with Crippen LogP contribution >= 0.6 is 0 Å². The Morgan fingerprint density at radius 1 is 0.528 bits per heavy atom. The smallest absolute Gasteiger partial charge is 0.306 e. The van der Waals surface area contributed by atoms with E-state index in [9.17, 15) is 45.3 Å². The number of esters is 2. The number of unbranched alkanes of at least 4 members (excludes halogenated alkanes) is 15. The lowest BCUT2D eigenvalue weighted by Crippen LogP contribution is -2.61. The number of hydrogen-bond acceptors (Lipinski definition) is 15. The molecule has 2 aliphatic heterocycles. The van der Waals surface area contributed by atoms with Gasteiger partial charge in [-0.15, -0.1) is 0 Å². The van der Waals surface area contributed by atoms with Crippen LogP contribution in [0.25, 0.3) is 0 Å². The Labute approximate surface area is 315 Å². The lowest BCUT2D eigenvalue weighted by molar-refractivity contribution is -0.332. The van der Waals surface area contributed by atoms with Crippen molar-refractivity contribution < 1.29 is 73.8 Å². The number of ether oxygens (including phenoxy) is 6. The van der Waals surface area contributed by atoms with Gasteiger partial charge in [0.1, 0.15) is 55.4 Å². The Balaban J connectivity index is 1.75. The average Bonchev–Trinajstić information content (AvgIpc) is 3.14. The van der Waals surface area contributed by atoms with Gasteiger partial charge < -0.3 is 64.2 Å². The van der Waals surface area contributed by atoms with Gasteiger partial charge in [-0.2, -0.15) is 0 Å². The Kier molecular flexibility index (Phi) is 25.2. The normalized spacial score (nSPS) is 29.5. The molecule has 312 valence electrons. The number of rotatable bonds is 29. The van der Waals surface area contributed by atoms with Gasteiger partial charge in [-0.05, 0) is 12.8 Å². The third-order valence-electron chi connectivity index (χ3n) is 9.81. The predicted octanol–water partition coefficient (Wildman–Crippen LogP) is 2.53. The van der Waals surface area contributed by atoms with Crippen LogP contribution in [0.1, 0.15) is 136 Å². The highest BCUT2D eigenvalue weighted by Gasteiger charge is 2.47. The fourth-order valence-electron chi connectivity index (χ4n) is 6.43. The van der Waals surface area contributed by atoms with Gasteiger partial charge in [-0.3, -0.25) is 9.59 Å². The molecular weight excluding hydrogens is 696 g/mol. The second-order valence-corrected chi connectivity index (χ2v) is 14.5. The summed E-state index contributed by atoms with van der Waals surface area (Å²) in [5.74, 6) is -0.980. The highest BCUT2D eigenvalue weighted by molar-refractivity contribution is 5.70. The zero-order valence-electron chi connectivity index (χ0n) is 32.0. The number of carbonyl (C=O) groups is 2. The molecule has 0 aliphatic carbocycles. The van der Waals surface area contributed by atoms with E-state index in [0.717, 1.165) is 19.3 Å². The van der Waals surface area contributed by atoms with Gasteiger partial charge in [-0.25, -0.2) is 0 Å². The summed E-state index contributed by atoms with van der Waals surface area (Å²) in [6.45, 7) is 2.18. The van der Waals surface area contributed by atoms with Crippen LogP contribution in [-0.2, 0) is 38.0 Å². The van der Waals surface area contributed by atoms with Gasteiger partial charge in [0.15, 0.2) is 18.7 Å². The highest BCUT2D eigenvalue weighted by atomic mass is 16.7. The maximum atomic E-state index is 12.7. The third-order valence-corrected chi connectivity index (χ3v) is 9.81. The Morgan fingerprint density at radius 3 is 1.51 bits per heavy atom. The molecule has 15 heteroatoms. The van der Waals surface area contributed by atoms with Crippen LogP contribution in [0.2, 0.25) is 0 Å². The molecule has 2 fully saturated rings. The van der Waals surface area contributed by atoms with E-state index < -0.39 is 92.7 Å². The number of aliphatic hydroxyl groups excluding tert-OH is 7. The first-order valence-corrected chi connectivity index (χ1v) is 20.1. The van der Waals surface area contributed by atoms with E-state index in [-0.39, 0.29) is 26.1 Å². The summed E-state index contributed by atoms with van der Waals surface area (Å²) >= 11 is 0. The van der Waals surface area contributed by atoms with Gasteiger partial charge >= 0.3 is 11.9 Å². The van der Waals surface area contributed by atoms with Gasteiger partial charge in [0, 0.05) is 12.8 Å². The average molecular weight is 767 g/mol. The van der Waals surface area contributed by atoms with Crippen LogP contribution in [0.4, 0.5) is 0 Å². The summed E-state index contributed by atoms with van der Waals surface area (Å²) in [5.41, 5.74) is 0. The quantitative estimate of drug-likeness (QED) is 0.0429. The van der Waals surface area contributed by atoms with Crippen LogP contribution in [0.5, 0.6) is 0 Å². The van der Waals surface area contributed by atoms with Crippen LogP contribution in [0.3, 0.4) is 0 Å². The molecule has 0 saturated carbocycles. The van der Waals surface area contributed by atoms with Crippen molar-refractivity contribution in [3.05, 3.63) is 0 Å². The SMILES string of the molecule is CCCCCCCCCCCCCCCCCCC(=O)OC(COC(=O)CCC)COC1OC(COC2OC(CO)C(O)C(O)C2O)C(O)C(O)C1O. The molecule has 0 aromatic heterocycles. The molecule has 0 aromatic rings. The van der Waals surface area contributed by atoms with E-state index in [2.05, 4.69) is 6.92 Å². The predicted molar refractivity (Wildman–Crippen MR) is 192 cm³/mol. The summed E-state index contributed by atoms with van der Waals surface area (Å²) in [6, 6.07) is 0. The standard InChI is InChI=1S/C38H70O15/c1-3-5-6-7-8-9-10-11-12-13-14-15-16-17-18-19-21-30(41)51-26(23-48-29(40)20-4-2)24-49-37-36(47)34(45)32(43)28(53-37)25-50-38-35(46)33(44)31(42)27(22-39)52-38/h26-28,31-39,42-47H,3-25H2,1-2H3. The number of carbonyl (C=O) groups excluding carboxylic acids is 2. The molecule has 0 amide bonds. The van der Waals surface area contributed by atoms with Crippen molar-refractivity contribution in [3.8, 4) is 0 Å². The summed E-state index contributed by atoms with van der Waals surface area (Å²) < 4.78 is 32.8. The minimum atomic E-state index is -1.75. The van der Waals surface area contributed by atoms with Gasteiger partial charge in [0.05, 0.1) is 19.8 Å². The molecule has 0 aromatic carbocycles. The Morgan fingerprint density at radius 2 is 1.00 bits per heavy atom. The molecular formula is C38H70O15. The first-order chi connectivity index (χ1) is 25.5. The zero-order chi connectivity index (χ0) is 39.0. The molecule has 11 atom stereocenters. The van der Waals surface area contributed by atoms with E-state index in [1.807, 2.05) is 6.92 Å². The lowest BCUT2D eigenvalue weighted by Gasteiger charge is -2.42. The van der Waals surface area contributed by atoms with Crippen molar-refractivity contribution in [2.75, 3.05) is 26.4 Å². The van der Waals surface area contributed by atoms with E-state index in [0.29, 0.717) is 12.8 Å². The maximum Gasteiger partial charge on any atom is 0.306 e. The lowest BCUT2D eigenvalue weighted by atomic mass is 9.98. The zero-order valence-corrected chi connectivity index (χ0v) is 32.0. The molecule has 11 unspecified atom stereocenters. The highest BCUT2D eigenvalue weighted by Crippen LogP contribution is 2.26. The Hall–Kier alpha value is -1.50. The molecule has 0 radical (unpaired) electrons. The van der Waals surface area contributed by atoms with Crippen molar-refractivity contribution in [2.24, 2.45) is 0 Å². The summed E-state index contributed by atoms with van der Waals surface area (Å²) in [4.78, 5) is 24.8. The first-order valence-electron chi connectivity index (χ1n) is 20.1. The van der Waals surface area contributed by atoms with Gasteiger partial charge in [0.25, 0.3) is 0 Å². The van der Waals surface area contributed by atoms with E-state index >= 15 is 0 Å². The van der Waals surface area contributed by atoms with E-state index in [1.54, 1.807) is 0 Å². The van der Waals surface area contributed by atoms with Gasteiger partial charge in [0.2, 0.25) is 0 Å². The second kappa shape index (κ2) is 28.0. The van der Waals surface area contributed by atoms with Crippen LogP contribution < -0.4 is 0 Å². The van der Waals surface area contributed by atoms with E-state index in [4.69, 9.17) is 28.4 Å². The topological polar surface area (TPSA) is 231 Å². The van der Waals surface area contributed by atoms with Crippen molar-refractivity contribution in [1.82, 2.24) is 0 Å². The molecule has 0 bridgehead atoms. The minimum absolute atomic E-state index is 0.169. The first kappa shape index (κ1) is 47.7. The monoisotopic (exact) mass is 766 g/mol. The van der Waals surface area contributed by atoms with Crippen LogP contribution in [-0.4, -0.2) is 142 Å². The summed E-state index contributed by atoms with van der Waals surface area (Å²) in [5, 5.41) is 71.2. The molecule has 53 heavy (non-hydrogen) atoms. The molecule has 2 heterocycles. The largest absolute Gasteiger partial charge is 0.462 e. The number of hydrogen-bond donors (Lipinski definition) is 7. The molecule has 7 N–H and O–H groups in total. The molecule has 2 saturated heterocycles. The fourth-order valence-corrected chi connectivity index (χ4v) is 6.43. The minimum Gasteiger partial charge on any atom is -0.462 e. The number of aliphatic hydroxyl groups is 7. The molecule has 2 aliphatic rings. The van der Waals surface area contributed by atoms with Crippen LogP contribution in [0.15, 0.2) is 0 Å². The summed E-state index contributed by atoms with van der Waals surface area (Å²) in [6.07, 6.45) is 3.52. The fraction of sp³-hybridized carbons (Fsp3) is 0.947. The molecule has 2 rings (SSSR count). The van der Waals surface area contributed by atoms with Gasteiger partial charge in [-0.1, -0.05) is 110 Å². The molecule has 0 spiro atoms. The van der Waals surface area contributed by atoms with Crippen molar-refractivity contribution in [1.29, 1.82) is 0 Å². The van der Waals surface area contributed by atoms with Crippen molar-refractivity contribution in [3.63, 3.8) is 0 Å². The van der Waals surface area contributed by atoms with E-state index in [1.165, 1.54) is 77.0 Å². The molecule has 15 nitrogen and oxygen atoms in total. The maximum absolute atomic E-state index is 12.7. The third kappa shape index (κ3) is 18.3. The van der Waals surface area contributed by atoms with Crippen molar-refractivity contribution in [2.45, 2.75) is 203 Å². The summed E-state index contributed by atoms with van der Waals surface area (Å²) in [7, 11) is 0. The second-order valence-electron chi connectivity index (χ2n) is 14.5.